The fraction of sp³-hybridized carbons (Fsp3) is 0.500. The summed E-state index contributed by atoms with van der Waals surface area (Å²) in [6, 6.07) is 5.94. The summed E-state index contributed by atoms with van der Waals surface area (Å²) in [6.45, 7) is 5.60. The number of fused-ring (bicyclic) bond motifs is 1. The third-order valence-corrected chi connectivity index (χ3v) is 7.70. The number of anilines is 1. The topological polar surface area (TPSA) is 86.9 Å². The van der Waals surface area contributed by atoms with E-state index in [-0.39, 0.29) is 11.3 Å². The van der Waals surface area contributed by atoms with Crippen LogP contribution < -0.4 is 10.7 Å². The van der Waals surface area contributed by atoms with Crippen LogP contribution in [0.3, 0.4) is 0 Å². The molecule has 7 heteroatoms. The predicted octanol–water partition coefficient (Wildman–Crippen LogP) is 4.45. The number of piperidine rings is 1. The summed E-state index contributed by atoms with van der Waals surface area (Å²) in [4.78, 5) is 28.6. The van der Waals surface area contributed by atoms with E-state index in [0.29, 0.717) is 18.5 Å². The molecule has 1 aliphatic carbocycles. The number of benzene rings is 1. The molecule has 1 fully saturated rings. The fourth-order valence-corrected chi connectivity index (χ4v) is 6.15. The Morgan fingerprint density at radius 3 is 2.74 bits per heavy atom. The van der Waals surface area contributed by atoms with Crippen molar-refractivity contribution in [3.05, 3.63) is 39.8 Å². The first kappa shape index (κ1) is 22.0. The van der Waals surface area contributed by atoms with Crippen molar-refractivity contribution >= 4 is 28.9 Å². The van der Waals surface area contributed by atoms with E-state index >= 15 is 0 Å². The summed E-state index contributed by atoms with van der Waals surface area (Å²) in [5.41, 5.74) is 4.25. The smallest absolute Gasteiger partial charge is 0.337 e. The first-order valence-corrected chi connectivity index (χ1v) is 11.8. The number of thiophene rings is 1. The van der Waals surface area contributed by atoms with Gasteiger partial charge < -0.3 is 10.0 Å². The van der Waals surface area contributed by atoms with E-state index in [1.54, 1.807) is 23.4 Å². The van der Waals surface area contributed by atoms with E-state index < -0.39 is 5.97 Å². The first-order chi connectivity index (χ1) is 14.7. The Hall–Kier alpha value is -2.22. The zero-order valence-electron chi connectivity index (χ0n) is 18.5. The number of hydrogen-bond acceptors (Lipinski definition) is 5. The highest BCUT2D eigenvalue weighted by atomic mass is 32.1. The predicted molar refractivity (Wildman–Crippen MR) is 124 cm³/mol. The number of nitrogens with zero attached hydrogens (tertiary/aromatic N) is 2. The molecule has 1 amide bonds. The molecule has 0 atom stereocenters. The van der Waals surface area contributed by atoms with Crippen molar-refractivity contribution in [2.75, 3.05) is 18.5 Å². The van der Waals surface area contributed by atoms with Gasteiger partial charge in [0.1, 0.15) is 0 Å². The second kappa shape index (κ2) is 8.37. The zero-order valence-corrected chi connectivity index (χ0v) is 19.3. The molecular formula is C24H31N3O3S. The summed E-state index contributed by atoms with van der Waals surface area (Å²) < 4.78 is 0. The van der Waals surface area contributed by atoms with Crippen molar-refractivity contribution in [2.24, 2.45) is 11.3 Å². The molecule has 4 rings (SSSR count). The molecule has 0 radical (unpaired) electrons. The van der Waals surface area contributed by atoms with Crippen LogP contribution in [0.5, 0.6) is 0 Å². The molecule has 3 N–H and O–H groups in total. The van der Waals surface area contributed by atoms with Gasteiger partial charge in [0.05, 0.1) is 5.56 Å². The summed E-state index contributed by atoms with van der Waals surface area (Å²) >= 11 is 1.61. The average Bonchev–Trinajstić information content (AvgIpc) is 3.05. The normalized spacial score (nSPS) is 18.4. The Labute approximate surface area is 187 Å². The van der Waals surface area contributed by atoms with Crippen molar-refractivity contribution in [3.63, 3.8) is 0 Å². The molecule has 0 spiro atoms. The number of carboxylic acids is 1. The molecule has 2 aromatic rings. The van der Waals surface area contributed by atoms with Crippen LogP contribution in [-0.2, 0) is 24.2 Å². The van der Waals surface area contributed by atoms with Gasteiger partial charge in [-0.15, -0.1) is 11.3 Å². The fourth-order valence-electron chi connectivity index (χ4n) is 4.78. The molecule has 6 nitrogen and oxygen atoms in total. The first-order valence-electron chi connectivity index (χ1n) is 10.9. The molecule has 0 bridgehead atoms. The van der Waals surface area contributed by atoms with Gasteiger partial charge in [0.2, 0.25) is 5.91 Å². The number of hydrazine groups is 1. The Morgan fingerprint density at radius 2 is 2.06 bits per heavy atom. The Balaban J connectivity index is 1.83. The van der Waals surface area contributed by atoms with E-state index in [9.17, 15) is 14.7 Å². The van der Waals surface area contributed by atoms with Gasteiger partial charge in [-0.25, -0.2) is 9.80 Å². The Bertz CT molecular complexity index is 1030. The number of carbonyl (C=O) groups is 2. The van der Waals surface area contributed by atoms with Gasteiger partial charge >= 0.3 is 5.97 Å². The number of hydrogen-bond donors (Lipinski definition) is 2. The van der Waals surface area contributed by atoms with E-state index in [1.165, 1.54) is 4.88 Å². The van der Waals surface area contributed by atoms with Crippen molar-refractivity contribution in [3.8, 4) is 10.4 Å². The van der Waals surface area contributed by atoms with Gasteiger partial charge in [-0.3, -0.25) is 10.6 Å². The van der Waals surface area contributed by atoms with Crippen LogP contribution in [0, 0.1) is 5.41 Å². The van der Waals surface area contributed by atoms with E-state index in [2.05, 4.69) is 13.8 Å². The summed E-state index contributed by atoms with van der Waals surface area (Å²) in [5.74, 6) is 5.27. The molecular weight excluding hydrogens is 410 g/mol. The van der Waals surface area contributed by atoms with E-state index in [4.69, 9.17) is 5.84 Å². The minimum absolute atomic E-state index is 0.105. The molecule has 1 aliphatic heterocycles. The van der Waals surface area contributed by atoms with Gasteiger partial charge in [-0.2, -0.15) is 0 Å². The lowest BCUT2D eigenvalue weighted by Gasteiger charge is -2.29. The summed E-state index contributed by atoms with van der Waals surface area (Å²) in [6.07, 6.45) is 5.27. The summed E-state index contributed by atoms with van der Waals surface area (Å²) in [5, 5.41) is 11.7. The molecule has 1 aromatic heterocycles. The molecule has 31 heavy (non-hydrogen) atoms. The van der Waals surface area contributed by atoms with Gasteiger partial charge in [-0.1, -0.05) is 19.9 Å². The molecule has 0 saturated carbocycles. The van der Waals surface area contributed by atoms with E-state index in [0.717, 1.165) is 65.9 Å². The van der Waals surface area contributed by atoms with Crippen molar-refractivity contribution in [1.82, 2.24) is 5.01 Å². The Morgan fingerprint density at radius 1 is 1.29 bits per heavy atom. The number of aryl methyl sites for hydroxylation is 1. The number of aromatic carboxylic acids is 1. The third kappa shape index (κ3) is 4.40. The van der Waals surface area contributed by atoms with Crippen LogP contribution >= 0.6 is 11.3 Å². The van der Waals surface area contributed by atoms with Gasteiger partial charge in [-0.05, 0) is 66.3 Å². The molecule has 0 unspecified atom stereocenters. The van der Waals surface area contributed by atoms with Gasteiger partial charge in [0.15, 0.2) is 0 Å². The molecule has 1 saturated heterocycles. The molecule has 1 aromatic carbocycles. The monoisotopic (exact) mass is 441 g/mol. The molecule has 2 aliphatic rings. The highest BCUT2D eigenvalue weighted by Crippen LogP contribution is 2.46. The molecule has 2 heterocycles. The van der Waals surface area contributed by atoms with Crippen molar-refractivity contribution in [1.29, 1.82) is 0 Å². The lowest BCUT2D eigenvalue weighted by atomic mass is 9.76. The van der Waals surface area contributed by atoms with Gasteiger partial charge in [0.25, 0.3) is 0 Å². The number of rotatable bonds is 5. The maximum Gasteiger partial charge on any atom is 0.337 e. The minimum Gasteiger partial charge on any atom is -0.478 e. The highest BCUT2D eigenvalue weighted by Gasteiger charge is 2.33. The van der Waals surface area contributed by atoms with Crippen LogP contribution in [0.2, 0.25) is 0 Å². The van der Waals surface area contributed by atoms with Crippen LogP contribution in [0.25, 0.3) is 10.4 Å². The van der Waals surface area contributed by atoms with Crippen LogP contribution in [0.1, 0.15) is 65.9 Å². The van der Waals surface area contributed by atoms with Crippen molar-refractivity contribution < 1.29 is 14.7 Å². The number of nitrogens with two attached hydrogens (primary N) is 1. The standard InChI is InChI=1S/C24H31N3O3S/c1-24(2)10-9-19-18(13-24)21(23(29)30)22(31-19)17-8-7-16(12-15(17)14-26(3)25)27-11-5-4-6-20(27)28/h7-8,12H,4-6,9-11,13-14,25H2,1-3H3,(H,29,30). The molecule has 166 valence electrons. The SMILES string of the molecule is CN(N)Cc1cc(N2CCCCC2=O)ccc1-c1sc2c(c1C(=O)O)CC(C)(C)CC2. The average molecular weight is 442 g/mol. The third-order valence-electron chi connectivity index (χ3n) is 6.38. The van der Waals surface area contributed by atoms with E-state index in [1.807, 2.05) is 23.1 Å². The summed E-state index contributed by atoms with van der Waals surface area (Å²) in [7, 11) is 1.79. The quantitative estimate of drug-likeness (QED) is 0.529. The van der Waals surface area contributed by atoms with Crippen LogP contribution in [-0.4, -0.2) is 35.6 Å². The highest BCUT2D eigenvalue weighted by molar-refractivity contribution is 7.16. The minimum atomic E-state index is -0.868. The number of amides is 1. The maximum absolute atomic E-state index is 12.4. The second-order valence-electron chi connectivity index (χ2n) is 9.61. The largest absolute Gasteiger partial charge is 0.478 e. The Kier molecular flexibility index (Phi) is 5.94. The van der Waals surface area contributed by atoms with Crippen LogP contribution in [0.4, 0.5) is 5.69 Å². The number of carboxylic acid groups (broad SMARTS) is 1. The van der Waals surface area contributed by atoms with Crippen LogP contribution in [0.15, 0.2) is 18.2 Å². The van der Waals surface area contributed by atoms with Gasteiger partial charge in [0, 0.05) is 42.0 Å². The lowest BCUT2D eigenvalue weighted by Crippen LogP contribution is -2.35. The maximum atomic E-state index is 12.4. The number of carbonyl (C=O) groups excluding carboxylic acids is 1. The zero-order chi connectivity index (χ0) is 22.3. The van der Waals surface area contributed by atoms with Crippen molar-refractivity contribution in [2.45, 2.75) is 58.9 Å². The lowest BCUT2D eigenvalue weighted by molar-refractivity contribution is -0.119. The second-order valence-corrected chi connectivity index (χ2v) is 10.7.